The van der Waals surface area contributed by atoms with E-state index < -0.39 is 17.2 Å². The second-order valence-corrected chi connectivity index (χ2v) is 6.33. The van der Waals surface area contributed by atoms with Crippen LogP contribution in [0.5, 0.6) is 5.75 Å². The monoisotopic (exact) mass is 343 g/mol. The molecule has 1 saturated carbocycles. The Morgan fingerprint density at radius 3 is 2.64 bits per heavy atom. The van der Waals surface area contributed by atoms with Crippen molar-refractivity contribution in [1.29, 1.82) is 0 Å². The van der Waals surface area contributed by atoms with Crippen molar-refractivity contribution in [1.82, 2.24) is 15.3 Å². The number of amides is 1. The van der Waals surface area contributed by atoms with Gasteiger partial charge in [0, 0.05) is 12.1 Å². The third-order valence-corrected chi connectivity index (χ3v) is 4.49. The van der Waals surface area contributed by atoms with Crippen LogP contribution in [0.15, 0.2) is 35.1 Å². The van der Waals surface area contributed by atoms with Crippen molar-refractivity contribution in [3.8, 4) is 17.0 Å². The molecule has 7 nitrogen and oxygen atoms in total. The minimum Gasteiger partial charge on any atom is -0.497 e. The number of methoxy groups -OCH3 is 1. The summed E-state index contributed by atoms with van der Waals surface area (Å²) in [4.78, 5) is 30.5. The summed E-state index contributed by atoms with van der Waals surface area (Å²) in [6.45, 7) is 0.175. The van der Waals surface area contributed by atoms with Gasteiger partial charge in [-0.2, -0.15) is 4.98 Å². The Morgan fingerprint density at radius 2 is 2.00 bits per heavy atom. The van der Waals surface area contributed by atoms with Crippen LogP contribution in [-0.2, 0) is 0 Å². The molecular formula is C18H21N3O4. The van der Waals surface area contributed by atoms with Crippen molar-refractivity contribution < 1.29 is 14.6 Å². The molecule has 1 amide bonds. The SMILES string of the molecule is COc1ccc(-c2cc(C(=O)NCC3(O)CCCC3)[nH]c(=O)n2)cc1. The number of carbonyl (C=O) groups excluding carboxylic acids is 1. The number of aromatic amines is 1. The maximum Gasteiger partial charge on any atom is 0.346 e. The molecule has 0 unspecified atom stereocenters. The number of aromatic nitrogens is 2. The zero-order valence-electron chi connectivity index (χ0n) is 14.0. The molecule has 1 aromatic heterocycles. The molecule has 1 aromatic carbocycles. The van der Waals surface area contributed by atoms with Crippen molar-refractivity contribution in [3.63, 3.8) is 0 Å². The number of hydrogen-bond donors (Lipinski definition) is 3. The van der Waals surface area contributed by atoms with Gasteiger partial charge in [0.05, 0.1) is 18.4 Å². The predicted molar refractivity (Wildman–Crippen MR) is 92.6 cm³/mol. The fourth-order valence-electron chi connectivity index (χ4n) is 3.04. The third kappa shape index (κ3) is 4.06. The zero-order valence-corrected chi connectivity index (χ0v) is 14.0. The highest BCUT2D eigenvalue weighted by atomic mass is 16.5. The van der Waals surface area contributed by atoms with Gasteiger partial charge in [-0.25, -0.2) is 4.79 Å². The Hall–Kier alpha value is -2.67. The van der Waals surface area contributed by atoms with Crippen molar-refractivity contribution >= 4 is 5.91 Å². The van der Waals surface area contributed by atoms with Gasteiger partial charge in [-0.1, -0.05) is 12.8 Å². The highest BCUT2D eigenvalue weighted by Gasteiger charge is 2.31. The summed E-state index contributed by atoms with van der Waals surface area (Å²) < 4.78 is 5.10. The Morgan fingerprint density at radius 1 is 1.32 bits per heavy atom. The molecule has 3 N–H and O–H groups in total. The fourth-order valence-corrected chi connectivity index (χ4v) is 3.04. The van der Waals surface area contributed by atoms with Crippen LogP contribution in [-0.4, -0.2) is 40.2 Å². The number of carbonyl (C=O) groups is 1. The second-order valence-electron chi connectivity index (χ2n) is 6.33. The summed E-state index contributed by atoms with van der Waals surface area (Å²) in [5.41, 5.74) is -0.223. The van der Waals surface area contributed by atoms with Gasteiger partial charge < -0.3 is 20.1 Å². The van der Waals surface area contributed by atoms with E-state index in [-0.39, 0.29) is 12.2 Å². The Balaban J connectivity index is 1.78. The van der Waals surface area contributed by atoms with Crippen LogP contribution in [0, 0.1) is 0 Å². The van der Waals surface area contributed by atoms with Crippen molar-refractivity contribution in [2.75, 3.05) is 13.7 Å². The summed E-state index contributed by atoms with van der Waals surface area (Å²) in [5, 5.41) is 13.0. The standard InChI is InChI=1S/C18H21N3O4/c1-25-13-6-4-12(5-7-13)14-10-15(21-17(23)20-14)16(22)19-11-18(24)8-2-3-9-18/h4-7,10,24H,2-3,8-9,11H2,1H3,(H,19,22)(H,20,21,23). The van der Waals surface area contributed by atoms with Crippen LogP contribution in [0.4, 0.5) is 0 Å². The van der Waals surface area contributed by atoms with Crippen molar-refractivity contribution in [2.24, 2.45) is 0 Å². The van der Waals surface area contributed by atoms with Gasteiger partial charge >= 0.3 is 5.69 Å². The van der Waals surface area contributed by atoms with Crippen LogP contribution >= 0.6 is 0 Å². The molecule has 2 aromatic rings. The van der Waals surface area contributed by atoms with Gasteiger partial charge in [0.15, 0.2) is 0 Å². The molecule has 1 fully saturated rings. The molecule has 25 heavy (non-hydrogen) atoms. The lowest BCUT2D eigenvalue weighted by Crippen LogP contribution is -2.41. The van der Waals surface area contributed by atoms with Gasteiger partial charge in [-0.05, 0) is 43.2 Å². The first kappa shape index (κ1) is 17.2. The zero-order chi connectivity index (χ0) is 17.9. The molecule has 0 atom stereocenters. The number of aliphatic hydroxyl groups is 1. The van der Waals surface area contributed by atoms with Crippen LogP contribution in [0.2, 0.25) is 0 Å². The molecule has 0 spiro atoms. The lowest BCUT2D eigenvalue weighted by atomic mass is 10.0. The summed E-state index contributed by atoms with van der Waals surface area (Å²) in [7, 11) is 1.57. The number of ether oxygens (including phenoxy) is 1. The van der Waals surface area contributed by atoms with Crippen LogP contribution in [0.25, 0.3) is 11.3 Å². The molecule has 1 aliphatic rings. The molecule has 7 heteroatoms. The summed E-state index contributed by atoms with van der Waals surface area (Å²) in [5.74, 6) is 0.256. The first-order chi connectivity index (χ1) is 12.0. The molecule has 3 rings (SSSR count). The van der Waals surface area contributed by atoms with Gasteiger partial charge in [0.2, 0.25) is 0 Å². The van der Waals surface area contributed by atoms with Crippen LogP contribution in [0.1, 0.15) is 36.2 Å². The first-order valence-electron chi connectivity index (χ1n) is 8.25. The number of nitrogens with one attached hydrogen (secondary N) is 2. The number of benzene rings is 1. The van der Waals surface area contributed by atoms with E-state index in [2.05, 4.69) is 15.3 Å². The average Bonchev–Trinajstić information content (AvgIpc) is 3.06. The maximum atomic E-state index is 12.3. The molecular weight excluding hydrogens is 322 g/mol. The van der Waals surface area contributed by atoms with E-state index in [0.29, 0.717) is 29.8 Å². The van der Waals surface area contributed by atoms with E-state index in [9.17, 15) is 14.7 Å². The molecule has 0 aliphatic heterocycles. The number of nitrogens with zero attached hydrogens (tertiary/aromatic N) is 1. The van der Waals surface area contributed by atoms with E-state index in [4.69, 9.17) is 4.74 Å². The number of hydrogen-bond acceptors (Lipinski definition) is 5. The Bertz CT molecular complexity index is 808. The minimum absolute atomic E-state index is 0.118. The first-order valence-corrected chi connectivity index (χ1v) is 8.25. The van der Waals surface area contributed by atoms with Crippen LogP contribution < -0.4 is 15.7 Å². The lowest BCUT2D eigenvalue weighted by molar-refractivity contribution is 0.0448. The Labute approximate surface area is 145 Å². The highest BCUT2D eigenvalue weighted by molar-refractivity contribution is 5.93. The van der Waals surface area contributed by atoms with E-state index in [1.54, 1.807) is 31.4 Å². The van der Waals surface area contributed by atoms with Gasteiger partial charge in [-0.3, -0.25) is 4.79 Å². The third-order valence-electron chi connectivity index (χ3n) is 4.49. The summed E-state index contributed by atoms with van der Waals surface area (Å²) in [6, 6.07) is 8.57. The minimum atomic E-state index is -0.845. The Kier molecular flexibility index (Phi) is 4.85. The molecule has 1 heterocycles. The molecule has 0 saturated heterocycles. The van der Waals surface area contributed by atoms with Crippen molar-refractivity contribution in [2.45, 2.75) is 31.3 Å². The van der Waals surface area contributed by atoms with E-state index in [0.717, 1.165) is 12.8 Å². The molecule has 0 bridgehead atoms. The molecule has 132 valence electrons. The van der Waals surface area contributed by atoms with Crippen LogP contribution in [0.3, 0.4) is 0 Å². The second kappa shape index (κ2) is 7.06. The number of H-pyrrole nitrogens is 1. The van der Waals surface area contributed by atoms with E-state index in [1.807, 2.05) is 0 Å². The van der Waals surface area contributed by atoms with Gasteiger partial charge in [-0.15, -0.1) is 0 Å². The normalized spacial score (nSPS) is 15.8. The average molecular weight is 343 g/mol. The smallest absolute Gasteiger partial charge is 0.346 e. The molecule has 0 radical (unpaired) electrons. The fraction of sp³-hybridized carbons (Fsp3) is 0.389. The van der Waals surface area contributed by atoms with Crippen molar-refractivity contribution in [3.05, 3.63) is 46.5 Å². The predicted octanol–water partition coefficient (Wildman–Crippen LogP) is 1.48. The van der Waals surface area contributed by atoms with E-state index in [1.165, 1.54) is 6.07 Å². The van der Waals surface area contributed by atoms with E-state index >= 15 is 0 Å². The number of rotatable bonds is 5. The summed E-state index contributed by atoms with van der Waals surface area (Å²) in [6.07, 6.45) is 3.27. The quantitative estimate of drug-likeness (QED) is 0.763. The lowest BCUT2D eigenvalue weighted by Gasteiger charge is -2.22. The maximum absolute atomic E-state index is 12.3. The topological polar surface area (TPSA) is 104 Å². The van der Waals surface area contributed by atoms with Gasteiger partial charge in [0.25, 0.3) is 5.91 Å². The summed E-state index contributed by atoms with van der Waals surface area (Å²) >= 11 is 0. The largest absolute Gasteiger partial charge is 0.497 e. The van der Waals surface area contributed by atoms with Gasteiger partial charge in [0.1, 0.15) is 11.4 Å². The molecule has 1 aliphatic carbocycles. The highest BCUT2D eigenvalue weighted by Crippen LogP contribution is 2.28.